The number of rotatable bonds is 6. The zero-order valence-electron chi connectivity index (χ0n) is 21.8. The molecule has 5 atom stereocenters. The first-order valence-corrected chi connectivity index (χ1v) is 18.4. The highest BCUT2D eigenvalue weighted by Gasteiger charge is 2.49. The molecule has 0 aromatic rings. The summed E-state index contributed by atoms with van der Waals surface area (Å²) in [5.41, 5.74) is 3.73. The highest BCUT2D eigenvalue weighted by molar-refractivity contribution is 9.49. The molecule has 3 fully saturated rings. The Morgan fingerprint density at radius 3 is 2.44 bits per heavy atom. The summed E-state index contributed by atoms with van der Waals surface area (Å²) in [6.07, 6.45) is 15.4. The number of allylic oxidation sites excluding steroid dienone is 3. The summed E-state index contributed by atoms with van der Waals surface area (Å²) in [6, 6.07) is 0. The molecule has 3 rings (SSSR count). The van der Waals surface area contributed by atoms with Gasteiger partial charge in [-0.05, 0) is 86.2 Å². The van der Waals surface area contributed by atoms with E-state index in [1.165, 1.54) is 48.2 Å². The summed E-state index contributed by atoms with van der Waals surface area (Å²) in [5, 5.41) is 0.235. The zero-order valence-corrected chi connectivity index (χ0v) is 25.2. The molecule has 0 radical (unpaired) electrons. The van der Waals surface area contributed by atoms with Crippen molar-refractivity contribution in [1.29, 1.82) is 0 Å². The number of fused-ring (bicyclic) bond motifs is 1. The Kier molecular flexibility index (Phi) is 8.96. The van der Waals surface area contributed by atoms with Crippen LogP contribution in [0.25, 0.3) is 0 Å². The van der Waals surface area contributed by atoms with E-state index in [0.29, 0.717) is 5.41 Å². The predicted molar refractivity (Wildman–Crippen MR) is 146 cm³/mol. The zero-order chi connectivity index (χ0) is 23.7. The highest BCUT2D eigenvalue weighted by Crippen LogP contribution is 2.59. The van der Waals surface area contributed by atoms with Crippen LogP contribution in [0, 0.1) is 23.2 Å². The Morgan fingerprint density at radius 1 is 1.12 bits per heavy atom. The van der Waals surface area contributed by atoms with Crippen LogP contribution in [0.3, 0.4) is 0 Å². The van der Waals surface area contributed by atoms with Crippen LogP contribution in [0.2, 0.25) is 18.1 Å². The fourth-order valence-corrected chi connectivity index (χ4v) is 8.94. The Hall–Kier alpha value is 0.447. The van der Waals surface area contributed by atoms with Gasteiger partial charge in [0.1, 0.15) is 0 Å². The quantitative estimate of drug-likeness (QED) is 0.245. The summed E-state index contributed by atoms with van der Waals surface area (Å²) in [4.78, 5) is 0. The molecule has 3 saturated carbocycles. The summed E-state index contributed by atoms with van der Waals surface area (Å²) in [7, 11) is -0.470. The lowest BCUT2D eigenvalue weighted by Gasteiger charge is -2.44. The average molecular weight is 544 g/mol. The van der Waals surface area contributed by atoms with Crippen LogP contribution >= 0.6 is 25.3 Å². The van der Waals surface area contributed by atoms with Gasteiger partial charge in [-0.3, -0.25) is 0 Å². The van der Waals surface area contributed by atoms with Gasteiger partial charge in [0.2, 0.25) is 0 Å². The fourth-order valence-electron chi connectivity index (χ4n) is 6.67. The third-order valence-electron chi connectivity index (χ3n) is 9.32. The summed E-state index contributed by atoms with van der Waals surface area (Å²) >= 11 is 3.40. The molecule has 0 aromatic heterocycles. The van der Waals surface area contributed by atoms with Gasteiger partial charge in [-0.15, -0.1) is 0 Å². The van der Waals surface area contributed by atoms with Crippen LogP contribution in [-0.2, 0) is 8.61 Å². The van der Waals surface area contributed by atoms with E-state index in [0.717, 1.165) is 37.0 Å². The maximum Gasteiger partial charge on any atom is 0.192 e. The molecule has 0 saturated heterocycles. The highest BCUT2D eigenvalue weighted by atomic mass is 79.9. The molecule has 0 N–H and O–H groups in total. The van der Waals surface area contributed by atoms with Crippen molar-refractivity contribution < 1.29 is 8.61 Å². The van der Waals surface area contributed by atoms with E-state index < -0.39 is 8.32 Å². The van der Waals surface area contributed by atoms with Crippen LogP contribution in [0.15, 0.2) is 23.3 Å². The van der Waals surface area contributed by atoms with Crippen molar-refractivity contribution in [3.8, 4) is 0 Å². The second-order valence-corrected chi connectivity index (χ2v) is 18.7. The van der Waals surface area contributed by atoms with Gasteiger partial charge in [0.05, 0.1) is 22.7 Å². The lowest BCUT2D eigenvalue weighted by molar-refractivity contribution is 0.0930. The van der Waals surface area contributed by atoms with Crippen molar-refractivity contribution in [1.82, 2.24) is 0 Å². The van der Waals surface area contributed by atoms with Gasteiger partial charge in [-0.2, -0.15) is 0 Å². The SMILES string of the molecule is CC(C)C1CC[C@H]2/C(=C/C=C3/C[C@@H](OSBr)C[C@H](O[Si](C)(C)C(C)(C)C)C3)CCC[C@]12C. The Balaban J connectivity index is 1.78. The van der Waals surface area contributed by atoms with Crippen molar-refractivity contribution in [2.24, 2.45) is 23.2 Å². The minimum atomic E-state index is -1.79. The maximum atomic E-state index is 6.84. The lowest BCUT2D eigenvalue weighted by atomic mass is 9.61. The Morgan fingerprint density at radius 2 is 1.81 bits per heavy atom. The molecule has 0 heterocycles. The monoisotopic (exact) mass is 542 g/mol. The van der Waals surface area contributed by atoms with Gasteiger partial charge in [0.25, 0.3) is 0 Å². The summed E-state index contributed by atoms with van der Waals surface area (Å²) in [5.74, 6) is 2.47. The molecular weight excluding hydrogens is 496 g/mol. The molecule has 0 amide bonds. The van der Waals surface area contributed by atoms with E-state index in [9.17, 15) is 0 Å². The lowest BCUT2D eigenvalue weighted by Crippen LogP contribution is -2.45. The molecule has 0 aliphatic heterocycles. The predicted octanol–water partition coefficient (Wildman–Crippen LogP) is 9.63. The minimum Gasteiger partial charge on any atom is -0.414 e. The van der Waals surface area contributed by atoms with Crippen molar-refractivity contribution in [2.75, 3.05) is 0 Å². The summed E-state index contributed by atoms with van der Waals surface area (Å²) < 4.78 is 12.8. The first kappa shape index (κ1) is 27.0. The normalized spacial score (nSPS) is 36.8. The van der Waals surface area contributed by atoms with Crippen LogP contribution in [0.4, 0.5) is 0 Å². The van der Waals surface area contributed by atoms with Crippen LogP contribution in [0.5, 0.6) is 0 Å². The molecule has 32 heavy (non-hydrogen) atoms. The average Bonchev–Trinajstić information content (AvgIpc) is 3.03. The van der Waals surface area contributed by atoms with Gasteiger partial charge in [-0.25, -0.2) is 0 Å². The van der Waals surface area contributed by atoms with Crippen LogP contribution in [-0.4, -0.2) is 20.5 Å². The van der Waals surface area contributed by atoms with E-state index in [-0.39, 0.29) is 17.2 Å². The first-order chi connectivity index (χ1) is 14.9. The number of halogens is 1. The topological polar surface area (TPSA) is 18.5 Å². The standard InChI is InChI=1S/C27H47BrO2SSi/c1-19(2)24-13-14-25-21(10-9-15-27(24,25)6)12-11-20-16-22(29-31-28)18-23(17-20)30-32(7,8)26(3,4)5/h11-12,19,22-25H,9-10,13-18H2,1-8H3/b20-11-,21-12+/t22-,23-,24?,25+,27-/m1/s1. The van der Waals surface area contributed by atoms with E-state index in [1.807, 2.05) is 0 Å². The largest absolute Gasteiger partial charge is 0.414 e. The molecule has 3 aliphatic carbocycles. The molecule has 0 bridgehead atoms. The third kappa shape index (κ3) is 5.98. The molecule has 184 valence electrons. The molecule has 2 nitrogen and oxygen atoms in total. The van der Waals surface area contributed by atoms with Gasteiger partial charge < -0.3 is 8.61 Å². The van der Waals surface area contributed by atoms with E-state index >= 15 is 0 Å². The maximum absolute atomic E-state index is 6.84. The minimum absolute atomic E-state index is 0.223. The van der Waals surface area contributed by atoms with Gasteiger partial charge >= 0.3 is 0 Å². The molecule has 3 aliphatic rings. The van der Waals surface area contributed by atoms with Gasteiger partial charge in [-0.1, -0.05) is 64.8 Å². The van der Waals surface area contributed by atoms with E-state index in [1.54, 1.807) is 5.57 Å². The number of hydrogen-bond acceptors (Lipinski definition) is 3. The molecule has 0 spiro atoms. The number of hydrogen-bond donors (Lipinski definition) is 0. The van der Waals surface area contributed by atoms with E-state index in [2.05, 4.69) is 81.6 Å². The first-order valence-electron chi connectivity index (χ1n) is 12.9. The van der Waals surface area contributed by atoms with Gasteiger partial charge in [0, 0.05) is 21.2 Å². The Bertz CT molecular complexity index is 711. The molecule has 0 aromatic carbocycles. The van der Waals surface area contributed by atoms with E-state index in [4.69, 9.17) is 8.61 Å². The molecule has 5 heteroatoms. The fraction of sp³-hybridized carbons (Fsp3) is 0.852. The van der Waals surface area contributed by atoms with Crippen molar-refractivity contribution in [3.63, 3.8) is 0 Å². The molecular formula is C27H47BrO2SSi. The molecule has 1 unspecified atom stereocenters. The Labute approximate surface area is 211 Å². The smallest absolute Gasteiger partial charge is 0.192 e. The van der Waals surface area contributed by atoms with Gasteiger partial charge in [0.15, 0.2) is 8.32 Å². The van der Waals surface area contributed by atoms with Crippen LogP contribution in [0.1, 0.15) is 92.9 Å². The van der Waals surface area contributed by atoms with Crippen molar-refractivity contribution in [2.45, 2.75) is 123 Å². The van der Waals surface area contributed by atoms with Crippen molar-refractivity contribution in [3.05, 3.63) is 23.3 Å². The summed E-state index contributed by atoms with van der Waals surface area (Å²) in [6.45, 7) is 19.2. The van der Waals surface area contributed by atoms with Crippen molar-refractivity contribution >= 4 is 33.6 Å². The van der Waals surface area contributed by atoms with Crippen LogP contribution < -0.4 is 0 Å². The third-order valence-corrected chi connectivity index (χ3v) is 14.7. The second-order valence-electron chi connectivity index (χ2n) is 12.8. The second kappa shape index (κ2) is 10.6.